The number of carbonyl (C=O) groups is 1. The van der Waals surface area contributed by atoms with Crippen molar-refractivity contribution in [1.82, 2.24) is 25.3 Å². The Morgan fingerprint density at radius 1 is 0.958 bits per heavy atom. The van der Waals surface area contributed by atoms with Crippen LogP contribution in [-0.4, -0.2) is 97.6 Å². The standard InChI is InChI=1S/C18H35N5O/c1-15(2)22-8-10-23(11-9-22)18(24)17-13-19-16(12-20-17)14-21-6-4-3-5-7-21/h15-17,19-20H,3-14H2,1-2H3. The van der Waals surface area contributed by atoms with Crippen LogP contribution in [-0.2, 0) is 4.79 Å². The van der Waals surface area contributed by atoms with Crippen LogP contribution >= 0.6 is 0 Å². The van der Waals surface area contributed by atoms with E-state index in [1.807, 2.05) is 4.90 Å². The van der Waals surface area contributed by atoms with Gasteiger partial charge in [0.05, 0.1) is 6.04 Å². The van der Waals surface area contributed by atoms with Crippen LogP contribution in [0.5, 0.6) is 0 Å². The Balaban J connectivity index is 1.39. The van der Waals surface area contributed by atoms with Crippen LogP contribution in [0.15, 0.2) is 0 Å². The van der Waals surface area contributed by atoms with Gasteiger partial charge in [0.2, 0.25) is 5.91 Å². The van der Waals surface area contributed by atoms with E-state index in [4.69, 9.17) is 0 Å². The molecule has 138 valence electrons. The highest BCUT2D eigenvalue weighted by Gasteiger charge is 2.31. The van der Waals surface area contributed by atoms with Crippen molar-refractivity contribution in [2.75, 3.05) is 58.9 Å². The van der Waals surface area contributed by atoms with Crippen LogP contribution in [0.1, 0.15) is 33.1 Å². The molecule has 0 aliphatic carbocycles. The van der Waals surface area contributed by atoms with Crippen LogP contribution in [0.2, 0.25) is 0 Å². The summed E-state index contributed by atoms with van der Waals surface area (Å²) in [6.45, 7) is 13.4. The highest BCUT2D eigenvalue weighted by atomic mass is 16.2. The molecule has 3 saturated heterocycles. The molecule has 0 bridgehead atoms. The maximum absolute atomic E-state index is 12.7. The molecule has 3 aliphatic rings. The van der Waals surface area contributed by atoms with Crippen molar-refractivity contribution in [3.8, 4) is 0 Å². The number of piperidine rings is 1. The van der Waals surface area contributed by atoms with Gasteiger partial charge in [-0.3, -0.25) is 9.69 Å². The average Bonchev–Trinajstić information content (AvgIpc) is 2.63. The van der Waals surface area contributed by atoms with Crippen molar-refractivity contribution in [3.05, 3.63) is 0 Å². The minimum atomic E-state index is -0.0480. The number of nitrogens with one attached hydrogen (secondary N) is 2. The maximum Gasteiger partial charge on any atom is 0.241 e. The molecule has 0 saturated carbocycles. The van der Waals surface area contributed by atoms with Gasteiger partial charge >= 0.3 is 0 Å². The number of rotatable bonds is 4. The van der Waals surface area contributed by atoms with Crippen molar-refractivity contribution < 1.29 is 4.79 Å². The molecule has 0 aromatic carbocycles. The van der Waals surface area contributed by atoms with Crippen molar-refractivity contribution in [1.29, 1.82) is 0 Å². The topological polar surface area (TPSA) is 50.9 Å². The molecule has 0 spiro atoms. The van der Waals surface area contributed by atoms with Crippen LogP contribution < -0.4 is 10.6 Å². The largest absolute Gasteiger partial charge is 0.339 e. The number of likely N-dealkylation sites (tertiary alicyclic amines) is 1. The lowest BCUT2D eigenvalue weighted by atomic mass is 10.1. The molecule has 0 aromatic heterocycles. The molecule has 2 N–H and O–H groups in total. The lowest BCUT2D eigenvalue weighted by molar-refractivity contribution is -0.135. The van der Waals surface area contributed by atoms with Gasteiger partial charge in [0.1, 0.15) is 0 Å². The quantitative estimate of drug-likeness (QED) is 0.754. The second-order valence-corrected chi connectivity index (χ2v) is 7.88. The zero-order valence-corrected chi connectivity index (χ0v) is 15.5. The third-order valence-corrected chi connectivity index (χ3v) is 5.80. The first-order chi connectivity index (χ1) is 11.6. The third kappa shape index (κ3) is 4.69. The molecule has 3 heterocycles. The molecular formula is C18H35N5O. The normalized spacial score (nSPS) is 30.7. The first-order valence-corrected chi connectivity index (χ1v) is 9.85. The van der Waals surface area contributed by atoms with Crippen LogP contribution in [0.25, 0.3) is 0 Å². The zero-order chi connectivity index (χ0) is 16.9. The van der Waals surface area contributed by atoms with Gasteiger partial charge in [-0.1, -0.05) is 6.42 Å². The van der Waals surface area contributed by atoms with Gasteiger partial charge < -0.3 is 20.4 Å². The molecule has 3 rings (SSSR count). The average molecular weight is 338 g/mol. The minimum Gasteiger partial charge on any atom is -0.339 e. The summed E-state index contributed by atoms with van der Waals surface area (Å²) in [4.78, 5) is 19.8. The van der Waals surface area contributed by atoms with Gasteiger partial charge in [-0.25, -0.2) is 0 Å². The first-order valence-electron chi connectivity index (χ1n) is 9.85. The monoisotopic (exact) mass is 337 g/mol. The smallest absolute Gasteiger partial charge is 0.241 e. The van der Waals surface area contributed by atoms with Crippen molar-refractivity contribution >= 4 is 5.91 Å². The predicted octanol–water partition coefficient (Wildman–Crippen LogP) is -0.0451. The molecule has 3 fully saturated rings. The van der Waals surface area contributed by atoms with E-state index >= 15 is 0 Å². The van der Waals surface area contributed by atoms with Gasteiger partial charge in [0, 0.05) is 57.9 Å². The van der Waals surface area contributed by atoms with E-state index < -0.39 is 0 Å². The Kier molecular flexibility index (Phi) is 6.49. The van der Waals surface area contributed by atoms with Crippen molar-refractivity contribution in [3.63, 3.8) is 0 Å². The minimum absolute atomic E-state index is 0.0480. The molecule has 2 atom stereocenters. The van der Waals surface area contributed by atoms with Crippen LogP contribution in [0.3, 0.4) is 0 Å². The second kappa shape index (κ2) is 8.61. The number of hydrogen-bond donors (Lipinski definition) is 2. The van der Waals surface area contributed by atoms with E-state index in [0.717, 1.165) is 45.8 Å². The molecule has 2 unspecified atom stereocenters. The number of hydrogen-bond acceptors (Lipinski definition) is 5. The third-order valence-electron chi connectivity index (χ3n) is 5.80. The number of nitrogens with zero attached hydrogens (tertiary/aromatic N) is 3. The SMILES string of the molecule is CC(C)N1CCN(C(=O)C2CNC(CN3CCCCC3)CN2)CC1. The van der Waals surface area contributed by atoms with E-state index in [1.54, 1.807) is 0 Å². The van der Waals surface area contributed by atoms with Crippen molar-refractivity contribution in [2.45, 2.75) is 51.2 Å². The fourth-order valence-corrected chi connectivity index (χ4v) is 4.15. The molecular weight excluding hydrogens is 302 g/mol. The highest BCUT2D eigenvalue weighted by Crippen LogP contribution is 2.11. The Morgan fingerprint density at radius 3 is 2.25 bits per heavy atom. The summed E-state index contributed by atoms with van der Waals surface area (Å²) in [5, 5.41) is 7.10. The summed E-state index contributed by atoms with van der Waals surface area (Å²) in [6.07, 6.45) is 4.06. The Morgan fingerprint density at radius 2 is 1.67 bits per heavy atom. The maximum atomic E-state index is 12.7. The molecule has 0 radical (unpaired) electrons. The molecule has 6 heteroatoms. The number of carbonyl (C=O) groups excluding carboxylic acids is 1. The van der Waals surface area contributed by atoms with E-state index in [0.29, 0.717) is 12.1 Å². The predicted molar refractivity (Wildman–Crippen MR) is 97.2 cm³/mol. The molecule has 6 nitrogen and oxygen atoms in total. The summed E-state index contributed by atoms with van der Waals surface area (Å²) >= 11 is 0. The van der Waals surface area contributed by atoms with E-state index in [-0.39, 0.29) is 11.9 Å². The van der Waals surface area contributed by atoms with E-state index in [9.17, 15) is 4.79 Å². The molecule has 3 aliphatic heterocycles. The summed E-state index contributed by atoms with van der Waals surface area (Å²) in [7, 11) is 0. The lowest BCUT2D eigenvalue weighted by Gasteiger charge is -2.40. The van der Waals surface area contributed by atoms with E-state index in [1.165, 1.54) is 32.4 Å². The van der Waals surface area contributed by atoms with Crippen LogP contribution in [0, 0.1) is 0 Å². The van der Waals surface area contributed by atoms with Gasteiger partial charge in [-0.2, -0.15) is 0 Å². The molecule has 24 heavy (non-hydrogen) atoms. The lowest BCUT2D eigenvalue weighted by Crippen LogP contribution is -2.64. The van der Waals surface area contributed by atoms with Gasteiger partial charge in [0.15, 0.2) is 0 Å². The summed E-state index contributed by atoms with van der Waals surface area (Å²) in [6, 6.07) is 1.01. The molecule has 1 amide bonds. The summed E-state index contributed by atoms with van der Waals surface area (Å²) in [5.74, 6) is 0.280. The van der Waals surface area contributed by atoms with Crippen LogP contribution in [0.4, 0.5) is 0 Å². The first kappa shape index (κ1) is 18.1. The second-order valence-electron chi connectivity index (χ2n) is 7.88. The Hall–Kier alpha value is -0.690. The van der Waals surface area contributed by atoms with Gasteiger partial charge in [0.25, 0.3) is 0 Å². The summed E-state index contributed by atoms with van der Waals surface area (Å²) in [5.41, 5.74) is 0. The Labute approximate surface area is 146 Å². The highest BCUT2D eigenvalue weighted by molar-refractivity contribution is 5.82. The number of piperazine rings is 2. The van der Waals surface area contributed by atoms with E-state index in [2.05, 4.69) is 34.3 Å². The van der Waals surface area contributed by atoms with Gasteiger partial charge in [-0.15, -0.1) is 0 Å². The molecule has 0 aromatic rings. The number of amides is 1. The van der Waals surface area contributed by atoms with Gasteiger partial charge in [-0.05, 0) is 39.8 Å². The fourth-order valence-electron chi connectivity index (χ4n) is 4.15. The summed E-state index contributed by atoms with van der Waals surface area (Å²) < 4.78 is 0. The fraction of sp³-hybridized carbons (Fsp3) is 0.944. The zero-order valence-electron chi connectivity index (χ0n) is 15.5. The van der Waals surface area contributed by atoms with Crippen molar-refractivity contribution in [2.24, 2.45) is 0 Å². The Bertz CT molecular complexity index is 394.